The van der Waals surface area contributed by atoms with Crippen LogP contribution < -0.4 is 4.72 Å². The third kappa shape index (κ3) is 5.20. The number of carbonyl (C=O) groups excluding carboxylic acids is 2. The Labute approximate surface area is 178 Å². The number of benzene rings is 1. The minimum atomic E-state index is -4.67. The Kier molecular flexibility index (Phi) is 6.60. The van der Waals surface area contributed by atoms with Crippen LogP contribution in [0.1, 0.15) is 31.8 Å². The molecule has 12 heteroatoms. The zero-order valence-corrected chi connectivity index (χ0v) is 17.2. The molecule has 0 saturated carbocycles. The molecule has 1 aromatic carbocycles. The second-order valence-corrected chi connectivity index (χ2v) is 7.59. The molecule has 2 heterocycles. The standard InChI is InChI=1S/C19H19F3N4O4S/c1-12-10-13(2-3-16(12)24-31(29)30)17(27)25-6-8-26(9-7-25)18(28)14-11-23-5-4-15(14)19(20,21)22/h2-5,10-11,24H,6-9H2,1H3,(H,29,30). The van der Waals surface area contributed by atoms with Gasteiger partial charge in [-0.25, -0.2) is 4.21 Å². The van der Waals surface area contributed by atoms with Gasteiger partial charge in [-0.3, -0.25) is 23.8 Å². The third-order valence-electron chi connectivity index (χ3n) is 4.88. The number of pyridine rings is 1. The smallest absolute Gasteiger partial charge is 0.335 e. The average molecular weight is 456 g/mol. The Morgan fingerprint density at radius 1 is 1.10 bits per heavy atom. The van der Waals surface area contributed by atoms with E-state index in [2.05, 4.69) is 9.71 Å². The topological polar surface area (TPSA) is 103 Å². The number of halogens is 3. The van der Waals surface area contributed by atoms with Crippen LogP contribution in [-0.2, 0) is 17.4 Å². The van der Waals surface area contributed by atoms with E-state index in [1.807, 2.05) is 0 Å². The summed E-state index contributed by atoms with van der Waals surface area (Å²) in [6.45, 7) is 2.16. The van der Waals surface area contributed by atoms with Crippen molar-refractivity contribution >= 4 is 28.8 Å². The van der Waals surface area contributed by atoms with E-state index in [9.17, 15) is 27.0 Å². The van der Waals surface area contributed by atoms with Crippen LogP contribution in [0.25, 0.3) is 0 Å². The van der Waals surface area contributed by atoms with Crippen molar-refractivity contribution in [1.82, 2.24) is 14.8 Å². The van der Waals surface area contributed by atoms with Crippen molar-refractivity contribution in [3.63, 3.8) is 0 Å². The van der Waals surface area contributed by atoms with Crippen molar-refractivity contribution in [2.24, 2.45) is 0 Å². The molecule has 2 aromatic rings. The number of amides is 2. The van der Waals surface area contributed by atoms with E-state index in [0.29, 0.717) is 16.8 Å². The summed E-state index contributed by atoms with van der Waals surface area (Å²) in [7, 11) is 0. The van der Waals surface area contributed by atoms with Crippen molar-refractivity contribution in [2.45, 2.75) is 13.1 Å². The summed E-state index contributed by atoms with van der Waals surface area (Å²) >= 11 is -2.24. The lowest BCUT2D eigenvalue weighted by Crippen LogP contribution is -2.50. The van der Waals surface area contributed by atoms with Gasteiger partial charge in [0.25, 0.3) is 23.1 Å². The predicted octanol–water partition coefficient (Wildman–Crippen LogP) is 2.56. The molecule has 0 spiro atoms. The molecule has 1 aliphatic rings. The van der Waals surface area contributed by atoms with Crippen molar-refractivity contribution in [1.29, 1.82) is 0 Å². The summed E-state index contributed by atoms with van der Waals surface area (Å²) in [5, 5.41) is 0. The fourth-order valence-corrected chi connectivity index (χ4v) is 3.70. The molecule has 1 fully saturated rings. The summed E-state index contributed by atoms with van der Waals surface area (Å²) in [6, 6.07) is 5.35. The van der Waals surface area contributed by atoms with Gasteiger partial charge in [-0.2, -0.15) is 13.2 Å². The summed E-state index contributed by atoms with van der Waals surface area (Å²) in [5.74, 6) is -1.08. The Bertz CT molecular complexity index is 1020. The Morgan fingerprint density at radius 2 is 1.71 bits per heavy atom. The fraction of sp³-hybridized carbons (Fsp3) is 0.316. The van der Waals surface area contributed by atoms with E-state index < -0.39 is 34.5 Å². The molecule has 166 valence electrons. The van der Waals surface area contributed by atoms with Gasteiger partial charge >= 0.3 is 6.18 Å². The van der Waals surface area contributed by atoms with Crippen LogP contribution in [0.4, 0.5) is 18.9 Å². The summed E-state index contributed by atoms with van der Waals surface area (Å²) in [4.78, 5) is 31.8. The Hall–Kier alpha value is -2.99. The van der Waals surface area contributed by atoms with Gasteiger partial charge in [0, 0.05) is 44.1 Å². The number of anilines is 1. The largest absolute Gasteiger partial charge is 0.417 e. The summed E-state index contributed by atoms with van der Waals surface area (Å²) < 4.78 is 61.7. The first-order valence-electron chi connectivity index (χ1n) is 9.16. The monoisotopic (exact) mass is 456 g/mol. The minimum Gasteiger partial charge on any atom is -0.335 e. The van der Waals surface area contributed by atoms with Crippen LogP contribution in [0, 0.1) is 6.92 Å². The van der Waals surface area contributed by atoms with Gasteiger partial charge in [0.05, 0.1) is 16.8 Å². The number of carbonyl (C=O) groups is 2. The van der Waals surface area contributed by atoms with Crippen LogP contribution in [-0.4, -0.2) is 61.5 Å². The molecule has 1 atom stereocenters. The third-order valence-corrected chi connectivity index (χ3v) is 5.28. The van der Waals surface area contributed by atoms with E-state index in [4.69, 9.17) is 4.55 Å². The minimum absolute atomic E-state index is 0.0822. The molecule has 0 bridgehead atoms. The van der Waals surface area contributed by atoms with Crippen LogP contribution in [0.5, 0.6) is 0 Å². The first-order chi connectivity index (χ1) is 14.6. The molecule has 3 rings (SSSR count). The second-order valence-electron chi connectivity index (χ2n) is 6.88. The van der Waals surface area contributed by atoms with E-state index >= 15 is 0 Å². The molecular formula is C19H19F3N4O4S. The number of alkyl halides is 3. The molecule has 2 amide bonds. The SMILES string of the molecule is Cc1cc(C(=O)N2CCN(C(=O)c3cnccc3C(F)(F)F)CC2)ccc1NS(=O)O. The molecule has 0 radical (unpaired) electrons. The first kappa shape index (κ1) is 22.7. The number of nitrogens with zero attached hydrogens (tertiary/aromatic N) is 3. The van der Waals surface area contributed by atoms with Gasteiger partial charge < -0.3 is 9.80 Å². The first-order valence-corrected chi connectivity index (χ1v) is 10.3. The van der Waals surface area contributed by atoms with E-state index in [-0.39, 0.29) is 32.1 Å². The molecule has 1 saturated heterocycles. The van der Waals surface area contributed by atoms with Gasteiger partial charge in [-0.15, -0.1) is 0 Å². The maximum Gasteiger partial charge on any atom is 0.417 e. The molecular weight excluding hydrogens is 437 g/mol. The van der Waals surface area contributed by atoms with Crippen molar-refractivity contribution < 1.29 is 31.5 Å². The highest BCUT2D eigenvalue weighted by Gasteiger charge is 2.37. The van der Waals surface area contributed by atoms with E-state index in [1.165, 1.54) is 21.9 Å². The molecule has 1 aliphatic heterocycles. The predicted molar refractivity (Wildman–Crippen MR) is 107 cm³/mol. The van der Waals surface area contributed by atoms with Gasteiger partial charge in [-0.1, -0.05) is 0 Å². The quantitative estimate of drug-likeness (QED) is 0.689. The lowest BCUT2D eigenvalue weighted by Gasteiger charge is -2.35. The number of aromatic nitrogens is 1. The highest BCUT2D eigenvalue weighted by Crippen LogP contribution is 2.32. The number of nitrogens with one attached hydrogen (secondary N) is 1. The Morgan fingerprint density at radius 3 is 2.26 bits per heavy atom. The zero-order valence-electron chi connectivity index (χ0n) is 16.3. The van der Waals surface area contributed by atoms with Crippen LogP contribution in [0.15, 0.2) is 36.7 Å². The summed E-state index contributed by atoms with van der Waals surface area (Å²) in [5.41, 5.74) is -0.199. The van der Waals surface area contributed by atoms with E-state index in [1.54, 1.807) is 13.0 Å². The highest BCUT2D eigenvalue weighted by atomic mass is 32.2. The molecule has 2 N–H and O–H groups in total. The fourth-order valence-electron chi connectivity index (χ4n) is 3.28. The number of rotatable bonds is 4. The molecule has 0 aliphatic carbocycles. The average Bonchev–Trinajstić information content (AvgIpc) is 2.73. The van der Waals surface area contributed by atoms with Gasteiger partial charge in [0.15, 0.2) is 0 Å². The molecule has 1 unspecified atom stereocenters. The zero-order chi connectivity index (χ0) is 22.8. The summed E-state index contributed by atoms with van der Waals surface area (Å²) in [6.07, 6.45) is -2.79. The van der Waals surface area contributed by atoms with Gasteiger partial charge in [0.2, 0.25) is 0 Å². The van der Waals surface area contributed by atoms with Crippen molar-refractivity contribution in [3.8, 4) is 0 Å². The van der Waals surface area contributed by atoms with Crippen molar-refractivity contribution in [2.75, 3.05) is 30.9 Å². The normalized spacial score (nSPS) is 15.5. The number of piperazine rings is 1. The van der Waals surface area contributed by atoms with Crippen molar-refractivity contribution in [3.05, 3.63) is 58.9 Å². The second kappa shape index (κ2) is 9.02. The number of hydrogen-bond acceptors (Lipinski definition) is 4. The van der Waals surface area contributed by atoms with E-state index in [0.717, 1.165) is 18.5 Å². The molecule has 31 heavy (non-hydrogen) atoms. The van der Waals surface area contributed by atoms with Gasteiger partial charge in [0.1, 0.15) is 0 Å². The molecule has 8 nitrogen and oxygen atoms in total. The van der Waals surface area contributed by atoms with Crippen LogP contribution >= 0.6 is 0 Å². The van der Waals surface area contributed by atoms with Gasteiger partial charge in [-0.05, 0) is 36.8 Å². The van der Waals surface area contributed by atoms with Crippen LogP contribution in [0.2, 0.25) is 0 Å². The maximum atomic E-state index is 13.2. The Balaban J connectivity index is 1.67. The lowest BCUT2D eigenvalue weighted by atomic mass is 10.1. The van der Waals surface area contributed by atoms with Crippen LogP contribution in [0.3, 0.4) is 0 Å². The number of hydrogen-bond donors (Lipinski definition) is 2. The highest BCUT2D eigenvalue weighted by molar-refractivity contribution is 7.80. The lowest BCUT2D eigenvalue weighted by molar-refractivity contribution is -0.138. The maximum absolute atomic E-state index is 13.2. The molecule has 1 aromatic heterocycles. The number of aryl methyl sites for hydroxylation is 1.